The molecular weight excluding hydrogens is 343 g/mol. The molecule has 1 unspecified atom stereocenters. The van der Waals surface area contributed by atoms with E-state index >= 15 is 0 Å². The molecule has 1 aliphatic heterocycles. The zero-order valence-electron chi connectivity index (χ0n) is 16.5. The molecule has 1 aromatic heterocycles. The van der Waals surface area contributed by atoms with Crippen molar-refractivity contribution >= 4 is 5.91 Å². The van der Waals surface area contributed by atoms with Crippen molar-refractivity contribution < 1.29 is 9.18 Å². The second kappa shape index (κ2) is 8.65. The molecular formula is C21H29FN4O. The van der Waals surface area contributed by atoms with Gasteiger partial charge in [-0.3, -0.25) is 9.89 Å². The minimum Gasteiger partial charge on any atom is -0.338 e. The Morgan fingerprint density at radius 3 is 2.67 bits per heavy atom. The number of benzene rings is 1. The average Bonchev–Trinajstić information content (AvgIpc) is 2.85. The molecule has 2 aromatic rings. The van der Waals surface area contributed by atoms with Crippen LogP contribution in [0, 0.1) is 19.7 Å². The molecule has 1 aromatic carbocycles. The van der Waals surface area contributed by atoms with Gasteiger partial charge in [0.1, 0.15) is 5.82 Å². The number of aromatic amines is 1. The molecule has 0 aliphatic carbocycles. The number of hydrogen-bond donors (Lipinski definition) is 1. The van der Waals surface area contributed by atoms with Crippen LogP contribution < -0.4 is 0 Å². The maximum atomic E-state index is 13.1. The van der Waals surface area contributed by atoms with Crippen molar-refractivity contribution in [3.8, 4) is 0 Å². The van der Waals surface area contributed by atoms with E-state index in [4.69, 9.17) is 0 Å². The van der Waals surface area contributed by atoms with Crippen molar-refractivity contribution in [3.05, 3.63) is 52.6 Å². The number of likely N-dealkylation sites (tertiary alicyclic amines) is 1. The van der Waals surface area contributed by atoms with E-state index in [0.29, 0.717) is 19.0 Å². The van der Waals surface area contributed by atoms with Gasteiger partial charge in [0.25, 0.3) is 0 Å². The number of hydrogen-bond acceptors (Lipinski definition) is 3. The summed E-state index contributed by atoms with van der Waals surface area (Å²) in [6.07, 6.45) is 3.39. The van der Waals surface area contributed by atoms with Gasteiger partial charge in [-0.15, -0.1) is 0 Å². The molecule has 27 heavy (non-hydrogen) atoms. The van der Waals surface area contributed by atoms with Crippen LogP contribution in [0.1, 0.15) is 41.8 Å². The number of carbonyl (C=O) groups excluding carboxylic acids is 1. The smallest absolute Gasteiger partial charge is 0.222 e. The van der Waals surface area contributed by atoms with Crippen LogP contribution in [0.5, 0.6) is 0 Å². The van der Waals surface area contributed by atoms with Crippen molar-refractivity contribution in [2.24, 2.45) is 0 Å². The fourth-order valence-electron chi connectivity index (χ4n) is 3.85. The largest absolute Gasteiger partial charge is 0.338 e. The highest BCUT2D eigenvalue weighted by molar-refractivity contribution is 5.76. The quantitative estimate of drug-likeness (QED) is 0.847. The van der Waals surface area contributed by atoms with E-state index in [2.05, 4.69) is 29.1 Å². The first-order valence-corrected chi connectivity index (χ1v) is 9.67. The highest BCUT2D eigenvalue weighted by atomic mass is 19.1. The normalized spacial score (nSPS) is 18.2. The summed E-state index contributed by atoms with van der Waals surface area (Å²) in [7, 11) is 2.15. The average molecular weight is 372 g/mol. The van der Waals surface area contributed by atoms with Crippen LogP contribution >= 0.6 is 0 Å². The summed E-state index contributed by atoms with van der Waals surface area (Å²) >= 11 is 0. The highest BCUT2D eigenvalue weighted by Crippen LogP contribution is 2.20. The maximum absolute atomic E-state index is 13.1. The molecule has 1 amide bonds. The van der Waals surface area contributed by atoms with Gasteiger partial charge in [-0.1, -0.05) is 12.1 Å². The molecule has 5 nitrogen and oxygen atoms in total. The third-order valence-electron chi connectivity index (χ3n) is 5.68. The lowest BCUT2D eigenvalue weighted by molar-refractivity contribution is -0.131. The lowest BCUT2D eigenvalue weighted by Gasteiger charge is -2.27. The van der Waals surface area contributed by atoms with Crippen LogP contribution in [0.15, 0.2) is 24.3 Å². The number of halogens is 1. The number of H-pyrrole nitrogens is 1. The van der Waals surface area contributed by atoms with Crippen LogP contribution in [0.25, 0.3) is 0 Å². The monoisotopic (exact) mass is 372 g/mol. The SMILES string of the molecule is Cc1n[nH]c(C)c1CCN(C)C1CCC(=O)N(Cc2ccc(F)cc2)CC1. The summed E-state index contributed by atoms with van der Waals surface area (Å²) < 4.78 is 13.1. The maximum Gasteiger partial charge on any atom is 0.222 e. The van der Waals surface area contributed by atoms with Crippen molar-refractivity contribution in [2.45, 2.75) is 52.1 Å². The molecule has 1 atom stereocenters. The zero-order chi connectivity index (χ0) is 19.4. The number of nitrogens with one attached hydrogen (secondary N) is 1. The van der Waals surface area contributed by atoms with Gasteiger partial charge in [0.15, 0.2) is 0 Å². The van der Waals surface area contributed by atoms with E-state index in [9.17, 15) is 9.18 Å². The minimum atomic E-state index is -0.245. The van der Waals surface area contributed by atoms with E-state index in [0.717, 1.165) is 49.3 Å². The molecule has 6 heteroatoms. The van der Waals surface area contributed by atoms with Gasteiger partial charge in [-0.2, -0.15) is 5.10 Å². The predicted molar refractivity (Wildman–Crippen MR) is 104 cm³/mol. The number of aromatic nitrogens is 2. The fourth-order valence-corrected chi connectivity index (χ4v) is 3.85. The summed E-state index contributed by atoms with van der Waals surface area (Å²) in [5.41, 5.74) is 4.48. The molecule has 1 N–H and O–H groups in total. The molecule has 0 saturated carbocycles. The third kappa shape index (κ3) is 4.95. The lowest BCUT2D eigenvalue weighted by atomic mass is 10.1. The first kappa shape index (κ1) is 19.5. The molecule has 146 valence electrons. The summed E-state index contributed by atoms with van der Waals surface area (Å²) in [5, 5.41) is 7.31. The van der Waals surface area contributed by atoms with Crippen molar-refractivity contribution in [2.75, 3.05) is 20.1 Å². The molecule has 3 rings (SSSR count). The predicted octanol–water partition coefficient (Wildman–Crippen LogP) is 3.22. The Morgan fingerprint density at radius 1 is 1.26 bits per heavy atom. The molecule has 1 fully saturated rings. The topological polar surface area (TPSA) is 52.2 Å². The van der Waals surface area contributed by atoms with Crippen molar-refractivity contribution in [1.29, 1.82) is 0 Å². The van der Waals surface area contributed by atoms with Gasteiger partial charge < -0.3 is 9.80 Å². The van der Waals surface area contributed by atoms with E-state index in [1.165, 1.54) is 17.7 Å². The summed E-state index contributed by atoms with van der Waals surface area (Å²) in [5.74, 6) is -0.0533. The summed E-state index contributed by atoms with van der Waals surface area (Å²) in [6.45, 7) is 6.36. The first-order chi connectivity index (χ1) is 12.9. The minimum absolute atomic E-state index is 0.191. The van der Waals surface area contributed by atoms with Gasteiger partial charge in [-0.25, -0.2) is 4.39 Å². The Kier molecular flexibility index (Phi) is 6.26. The molecule has 1 aliphatic rings. The Balaban J connectivity index is 1.54. The van der Waals surface area contributed by atoms with Crippen LogP contribution in [0.4, 0.5) is 4.39 Å². The molecule has 1 saturated heterocycles. The van der Waals surface area contributed by atoms with Crippen molar-refractivity contribution in [3.63, 3.8) is 0 Å². The Labute approximate surface area is 160 Å². The second-order valence-corrected chi connectivity index (χ2v) is 7.57. The van der Waals surface area contributed by atoms with Crippen LogP contribution in [0.3, 0.4) is 0 Å². The number of likely N-dealkylation sites (N-methyl/N-ethyl adjacent to an activating group) is 1. The Hall–Kier alpha value is -2.21. The highest BCUT2D eigenvalue weighted by Gasteiger charge is 2.25. The lowest BCUT2D eigenvalue weighted by Crippen LogP contribution is -2.34. The van der Waals surface area contributed by atoms with Gasteiger partial charge in [0.2, 0.25) is 5.91 Å². The summed E-state index contributed by atoms with van der Waals surface area (Å²) in [4.78, 5) is 16.8. The standard InChI is InChI=1S/C21H29FN4O/c1-15-20(16(2)24-23-15)11-12-25(3)19-8-9-21(27)26(13-10-19)14-17-4-6-18(22)7-5-17/h4-7,19H,8-14H2,1-3H3,(H,23,24). The van der Waals surface area contributed by atoms with Crippen LogP contribution in [0.2, 0.25) is 0 Å². The molecule has 0 spiro atoms. The number of rotatable bonds is 6. The third-order valence-corrected chi connectivity index (χ3v) is 5.68. The van der Waals surface area contributed by atoms with Gasteiger partial charge in [0.05, 0.1) is 5.69 Å². The number of carbonyl (C=O) groups is 1. The van der Waals surface area contributed by atoms with Crippen LogP contribution in [-0.4, -0.2) is 52.1 Å². The van der Waals surface area contributed by atoms with E-state index in [-0.39, 0.29) is 11.7 Å². The summed E-state index contributed by atoms with van der Waals surface area (Å²) in [6, 6.07) is 6.82. The number of amides is 1. The van der Waals surface area contributed by atoms with Gasteiger partial charge in [0, 0.05) is 37.8 Å². The fraction of sp³-hybridized carbons (Fsp3) is 0.524. The van der Waals surface area contributed by atoms with E-state index in [1.54, 1.807) is 12.1 Å². The zero-order valence-corrected chi connectivity index (χ0v) is 16.5. The first-order valence-electron chi connectivity index (χ1n) is 9.67. The Bertz CT molecular complexity index is 751. The van der Waals surface area contributed by atoms with Crippen LogP contribution in [-0.2, 0) is 17.8 Å². The van der Waals surface area contributed by atoms with Gasteiger partial charge >= 0.3 is 0 Å². The van der Waals surface area contributed by atoms with E-state index < -0.39 is 0 Å². The number of aryl methyl sites for hydroxylation is 2. The number of nitrogens with zero attached hydrogens (tertiary/aromatic N) is 3. The molecule has 2 heterocycles. The Morgan fingerprint density at radius 2 is 2.00 bits per heavy atom. The molecule has 0 radical (unpaired) electrons. The van der Waals surface area contributed by atoms with E-state index in [1.807, 2.05) is 11.8 Å². The van der Waals surface area contributed by atoms with Crippen molar-refractivity contribution in [1.82, 2.24) is 20.0 Å². The molecule has 0 bridgehead atoms. The second-order valence-electron chi connectivity index (χ2n) is 7.57. The van der Waals surface area contributed by atoms with Gasteiger partial charge in [-0.05, 0) is 63.4 Å².